The van der Waals surface area contributed by atoms with Crippen molar-refractivity contribution >= 4 is 5.97 Å². The second-order valence-electron chi connectivity index (χ2n) is 2.72. The van der Waals surface area contributed by atoms with E-state index in [-0.39, 0.29) is 11.5 Å². The molecule has 0 spiro atoms. The third-order valence-corrected chi connectivity index (χ3v) is 1.89. The molecule has 5 nitrogen and oxygen atoms in total. The number of aliphatic hydroxyl groups excluding tert-OH is 2. The first-order valence-electron chi connectivity index (χ1n) is 3.98. The molecule has 2 atom stereocenters. The number of cyclic esters (lactones) is 1. The van der Waals surface area contributed by atoms with Crippen LogP contribution in [-0.2, 0) is 14.3 Å². The van der Waals surface area contributed by atoms with E-state index >= 15 is 0 Å². The van der Waals surface area contributed by atoms with Gasteiger partial charge in [0.2, 0.25) is 5.76 Å². The van der Waals surface area contributed by atoms with E-state index in [2.05, 4.69) is 4.74 Å². The highest BCUT2D eigenvalue weighted by Gasteiger charge is 2.39. The van der Waals surface area contributed by atoms with Crippen LogP contribution in [0.1, 0.15) is 13.3 Å². The summed E-state index contributed by atoms with van der Waals surface area (Å²) < 4.78 is 9.30. The van der Waals surface area contributed by atoms with Gasteiger partial charge in [-0.2, -0.15) is 0 Å². The lowest BCUT2D eigenvalue weighted by Gasteiger charge is -2.14. The van der Waals surface area contributed by atoms with Gasteiger partial charge in [0.1, 0.15) is 0 Å². The van der Waals surface area contributed by atoms with Gasteiger partial charge in [0.05, 0.1) is 13.2 Å². The normalized spacial score (nSPS) is 24.5. The van der Waals surface area contributed by atoms with Gasteiger partial charge < -0.3 is 19.7 Å². The Morgan fingerprint density at radius 2 is 2.31 bits per heavy atom. The van der Waals surface area contributed by atoms with Crippen molar-refractivity contribution in [3.63, 3.8) is 0 Å². The van der Waals surface area contributed by atoms with Crippen LogP contribution in [0.2, 0.25) is 0 Å². The van der Waals surface area contributed by atoms with Gasteiger partial charge in [-0.25, -0.2) is 4.79 Å². The molecule has 1 aliphatic heterocycles. The fraction of sp³-hybridized carbons (Fsp3) is 0.625. The summed E-state index contributed by atoms with van der Waals surface area (Å²) >= 11 is 0. The maximum atomic E-state index is 11.0. The molecular weight excluding hydrogens is 176 g/mol. The summed E-state index contributed by atoms with van der Waals surface area (Å²) in [5.74, 6) is -1.29. The number of hydrogen-bond acceptors (Lipinski definition) is 5. The monoisotopic (exact) mass is 188 g/mol. The van der Waals surface area contributed by atoms with Gasteiger partial charge in [0.25, 0.3) is 0 Å². The van der Waals surface area contributed by atoms with Crippen LogP contribution in [0.5, 0.6) is 0 Å². The Kier molecular flexibility index (Phi) is 2.77. The third-order valence-electron chi connectivity index (χ3n) is 1.89. The maximum Gasteiger partial charge on any atom is 0.378 e. The molecule has 13 heavy (non-hydrogen) atoms. The number of carbonyl (C=O) groups is 1. The smallest absolute Gasteiger partial charge is 0.378 e. The second kappa shape index (κ2) is 3.66. The first kappa shape index (κ1) is 9.85. The standard InChI is InChI=1S/C8H12O5/c1-3-4(9)6-5(10)7(12-2)8(11)13-6/h4,6,9-10H,3H2,1-2H3. The quantitative estimate of drug-likeness (QED) is 0.614. The molecule has 0 aromatic heterocycles. The zero-order valence-electron chi connectivity index (χ0n) is 7.48. The molecule has 0 saturated heterocycles. The van der Waals surface area contributed by atoms with Crippen molar-refractivity contribution in [2.24, 2.45) is 0 Å². The molecule has 1 heterocycles. The number of methoxy groups -OCH3 is 1. The number of hydrogen-bond donors (Lipinski definition) is 2. The van der Waals surface area contributed by atoms with E-state index in [0.717, 1.165) is 0 Å². The average molecular weight is 188 g/mol. The van der Waals surface area contributed by atoms with Gasteiger partial charge in [-0.05, 0) is 6.42 Å². The molecule has 0 saturated carbocycles. The number of carbonyl (C=O) groups excluding carboxylic acids is 1. The Bertz CT molecular complexity index is 245. The number of esters is 1. The summed E-state index contributed by atoms with van der Waals surface area (Å²) in [4.78, 5) is 11.0. The topological polar surface area (TPSA) is 76.0 Å². The van der Waals surface area contributed by atoms with Gasteiger partial charge in [-0.3, -0.25) is 0 Å². The van der Waals surface area contributed by atoms with Crippen LogP contribution in [-0.4, -0.2) is 35.5 Å². The number of ether oxygens (including phenoxy) is 2. The zero-order valence-corrected chi connectivity index (χ0v) is 7.48. The van der Waals surface area contributed by atoms with E-state index in [0.29, 0.717) is 6.42 Å². The molecule has 2 unspecified atom stereocenters. The predicted molar refractivity (Wildman–Crippen MR) is 42.8 cm³/mol. The molecule has 0 aromatic rings. The fourth-order valence-corrected chi connectivity index (χ4v) is 1.12. The zero-order chi connectivity index (χ0) is 10.0. The molecule has 2 N–H and O–H groups in total. The van der Waals surface area contributed by atoms with Crippen LogP contribution in [0.4, 0.5) is 0 Å². The van der Waals surface area contributed by atoms with E-state index in [1.54, 1.807) is 6.92 Å². The van der Waals surface area contributed by atoms with Crippen molar-refractivity contribution in [2.75, 3.05) is 7.11 Å². The Hall–Kier alpha value is -1.23. The summed E-state index contributed by atoms with van der Waals surface area (Å²) in [6.45, 7) is 1.72. The van der Waals surface area contributed by atoms with Crippen molar-refractivity contribution in [1.29, 1.82) is 0 Å². The maximum absolute atomic E-state index is 11.0. The first-order valence-corrected chi connectivity index (χ1v) is 3.98. The van der Waals surface area contributed by atoms with Gasteiger partial charge in [-0.1, -0.05) is 6.92 Å². The van der Waals surface area contributed by atoms with Crippen LogP contribution >= 0.6 is 0 Å². The van der Waals surface area contributed by atoms with Gasteiger partial charge in [-0.15, -0.1) is 0 Å². The van der Waals surface area contributed by atoms with E-state index in [1.165, 1.54) is 7.11 Å². The highest BCUT2D eigenvalue weighted by atomic mass is 16.6. The minimum Gasteiger partial charge on any atom is -0.505 e. The Morgan fingerprint density at radius 1 is 1.69 bits per heavy atom. The van der Waals surface area contributed by atoms with Crippen LogP contribution in [0, 0.1) is 0 Å². The molecule has 0 bridgehead atoms. The molecule has 0 amide bonds. The van der Waals surface area contributed by atoms with Gasteiger partial charge in [0.15, 0.2) is 11.9 Å². The second-order valence-corrected chi connectivity index (χ2v) is 2.72. The van der Waals surface area contributed by atoms with Crippen LogP contribution in [0.3, 0.4) is 0 Å². The lowest BCUT2D eigenvalue weighted by Crippen LogP contribution is -2.27. The summed E-state index contributed by atoms with van der Waals surface area (Å²) in [7, 11) is 1.26. The van der Waals surface area contributed by atoms with Gasteiger partial charge >= 0.3 is 5.97 Å². The summed E-state index contributed by atoms with van der Waals surface area (Å²) in [6, 6.07) is 0. The van der Waals surface area contributed by atoms with E-state index < -0.39 is 18.2 Å². The van der Waals surface area contributed by atoms with Crippen LogP contribution in [0.15, 0.2) is 11.5 Å². The van der Waals surface area contributed by atoms with Crippen molar-refractivity contribution in [3.8, 4) is 0 Å². The largest absolute Gasteiger partial charge is 0.505 e. The lowest BCUT2D eigenvalue weighted by molar-refractivity contribution is -0.147. The molecule has 1 rings (SSSR count). The summed E-state index contributed by atoms with van der Waals surface area (Å²) in [5, 5.41) is 18.7. The predicted octanol–water partition coefficient (Wildman–Crippen LogP) is 0.0987. The molecule has 0 radical (unpaired) electrons. The minimum atomic E-state index is -0.979. The molecule has 74 valence electrons. The van der Waals surface area contributed by atoms with Gasteiger partial charge in [0, 0.05) is 0 Å². The Labute approximate surface area is 75.6 Å². The van der Waals surface area contributed by atoms with Crippen LogP contribution < -0.4 is 0 Å². The SMILES string of the molecule is CCC(O)C1OC(=O)C(OC)=C1O. The Morgan fingerprint density at radius 3 is 2.69 bits per heavy atom. The molecular formula is C8H12O5. The van der Waals surface area contributed by atoms with Crippen molar-refractivity contribution in [1.82, 2.24) is 0 Å². The van der Waals surface area contributed by atoms with Crippen molar-refractivity contribution in [2.45, 2.75) is 25.6 Å². The summed E-state index contributed by atoms with van der Waals surface area (Å²) in [5.41, 5.74) is 0. The Balaban J connectivity index is 2.84. The van der Waals surface area contributed by atoms with Crippen molar-refractivity contribution < 1.29 is 24.5 Å². The van der Waals surface area contributed by atoms with Crippen LogP contribution in [0.25, 0.3) is 0 Å². The molecule has 1 aliphatic rings. The fourth-order valence-electron chi connectivity index (χ4n) is 1.12. The minimum absolute atomic E-state index is 0.225. The third kappa shape index (κ3) is 1.60. The molecule has 0 aliphatic carbocycles. The molecule has 0 fully saturated rings. The average Bonchev–Trinajstić information content (AvgIpc) is 2.40. The van der Waals surface area contributed by atoms with E-state index in [4.69, 9.17) is 4.74 Å². The van der Waals surface area contributed by atoms with E-state index in [9.17, 15) is 15.0 Å². The summed E-state index contributed by atoms with van der Waals surface area (Å²) in [6.07, 6.45) is -1.48. The highest BCUT2D eigenvalue weighted by molar-refractivity contribution is 5.89. The highest BCUT2D eigenvalue weighted by Crippen LogP contribution is 2.24. The van der Waals surface area contributed by atoms with Crippen molar-refractivity contribution in [3.05, 3.63) is 11.5 Å². The lowest BCUT2D eigenvalue weighted by atomic mass is 10.1. The number of rotatable bonds is 3. The molecule has 0 aromatic carbocycles. The molecule has 5 heteroatoms. The van der Waals surface area contributed by atoms with E-state index in [1.807, 2.05) is 0 Å². The first-order chi connectivity index (χ1) is 6.11. The number of aliphatic hydroxyl groups is 2.